The largest absolute Gasteiger partial charge is 0.446 e. The second kappa shape index (κ2) is 8.45. The van der Waals surface area contributed by atoms with Gasteiger partial charge in [0.25, 0.3) is 0 Å². The minimum Gasteiger partial charge on any atom is -0.446 e. The number of aryl methyl sites for hydroxylation is 1. The molecule has 4 rings (SSSR count). The summed E-state index contributed by atoms with van der Waals surface area (Å²) in [5, 5.41) is 12.1. The van der Waals surface area contributed by atoms with Crippen molar-refractivity contribution in [3.05, 3.63) is 42.0 Å². The number of hydrogen-bond donors (Lipinski definition) is 0. The molecule has 10 nitrogen and oxygen atoms in total. The van der Waals surface area contributed by atoms with E-state index in [0.717, 1.165) is 11.1 Å². The van der Waals surface area contributed by atoms with Crippen LogP contribution in [0.2, 0.25) is 0 Å². The van der Waals surface area contributed by atoms with Crippen molar-refractivity contribution in [1.82, 2.24) is 20.1 Å². The Bertz CT molecular complexity index is 1150. The average Bonchev–Trinajstić information content (AvgIpc) is 3.35. The molecular formula is C22H26N6O4. The molecule has 0 saturated carbocycles. The summed E-state index contributed by atoms with van der Waals surface area (Å²) in [6.07, 6.45) is 2.96. The molecule has 0 fully saturated rings. The van der Waals surface area contributed by atoms with Gasteiger partial charge in [0, 0.05) is 25.2 Å². The van der Waals surface area contributed by atoms with Crippen LogP contribution in [0, 0.1) is 6.92 Å². The van der Waals surface area contributed by atoms with E-state index >= 15 is 0 Å². The Morgan fingerprint density at radius 1 is 1.22 bits per heavy atom. The molecule has 10 heteroatoms. The van der Waals surface area contributed by atoms with Crippen molar-refractivity contribution in [3.63, 3.8) is 0 Å². The second-order valence-corrected chi connectivity index (χ2v) is 8.21. The van der Waals surface area contributed by atoms with Gasteiger partial charge in [-0.2, -0.15) is 5.10 Å². The van der Waals surface area contributed by atoms with E-state index in [1.165, 1.54) is 6.92 Å². The predicted molar refractivity (Wildman–Crippen MR) is 117 cm³/mol. The van der Waals surface area contributed by atoms with Crippen LogP contribution in [0.3, 0.4) is 0 Å². The van der Waals surface area contributed by atoms with Gasteiger partial charge in [-0.3, -0.25) is 14.4 Å². The highest BCUT2D eigenvalue weighted by molar-refractivity contribution is 6.03. The summed E-state index contributed by atoms with van der Waals surface area (Å²) in [5.74, 6) is -0.0761. The SMILES string of the molecule is CC(=O)N1c2ccc(-c3cnn(Cc4nonc4C)c3)cc2N(C(=O)OC(C)C)CC1C. The number of carbonyl (C=O) groups is 2. The molecule has 0 radical (unpaired) electrons. The topological polar surface area (TPSA) is 107 Å². The quantitative estimate of drug-likeness (QED) is 0.614. The van der Waals surface area contributed by atoms with Gasteiger partial charge in [0.1, 0.15) is 11.4 Å². The summed E-state index contributed by atoms with van der Waals surface area (Å²) in [6, 6.07) is 5.50. The predicted octanol–water partition coefficient (Wildman–Crippen LogP) is 3.40. The van der Waals surface area contributed by atoms with Crippen LogP contribution in [0.15, 0.2) is 35.2 Å². The van der Waals surface area contributed by atoms with Crippen molar-refractivity contribution in [2.24, 2.45) is 0 Å². The number of nitrogens with zero attached hydrogens (tertiary/aromatic N) is 6. The van der Waals surface area contributed by atoms with Gasteiger partial charge in [0.05, 0.1) is 36.3 Å². The van der Waals surface area contributed by atoms with Crippen LogP contribution in [-0.4, -0.2) is 50.8 Å². The first-order valence-electron chi connectivity index (χ1n) is 10.5. The van der Waals surface area contributed by atoms with E-state index < -0.39 is 6.09 Å². The maximum absolute atomic E-state index is 12.8. The number of fused-ring (bicyclic) bond motifs is 1. The molecule has 1 aromatic carbocycles. The van der Waals surface area contributed by atoms with E-state index in [1.807, 2.05) is 52.1 Å². The van der Waals surface area contributed by atoms with Crippen LogP contribution < -0.4 is 9.80 Å². The van der Waals surface area contributed by atoms with Gasteiger partial charge in [0.2, 0.25) is 5.91 Å². The van der Waals surface area contributed by atoms with Gasteiger partial charge in [-0.1, -0.05) is 16.4 Å². The van der Waals surface area contributed by atoms with E-state index in [9.17, 15) is 9.59 Å². The fourth-order valence-electron chi connectivity index (χ4n) is 3.87. The first kappa shape index (κ1) is 21.5. The van der Waals surface area contributed by atoms with Crippen molar-refractivity contribution >= 4 is 23.4 Å². The number of rotatable bonds is 4. The molecule has 2 aromatic heterocycles. The molecule has 1 unspecified atom stereocenters. The lowest BCUT2D eigenvalue weighted by Crippen LogP contribution is -2.51. The van der Waals surface area contributed by atoms with Gasteiger partial charge in [0.15, 0.2) is 0 Å². The Balaban J connectivity index is 1.70. The Morgan fingerprint density at radius 2 is 2.00 bits per heavy atom. The summed E-state index contributed by atoms with van der Waals surface area (Å²) in [7, 11) is 0. The highest BCUT2D eigenvalue weighted by Crippen LogP contribution is 2.39. The van der Waals surface area contributed by atoms with Crippen molar-refractivity contribution in [2.75, 3.05) is 16.3 Å². The van der Waals surface area contributed by atoms with E-state index in [0.29, 0.717) is 35.9 Å². The Hall–Kier alpha value is -3.69. The van der Waals surface area contributed by atoms with Crippen molar-refractivity contribution in [1.29, 1.82) is 0 Å². The fraction of sp³-hybridized carbons (Fsp3) is 0.409. The Kier molecular flexibility index (Phi) is 5.68. The van der Waals surface area contributed by atoms with Gasteiger partial charge >= 0.3 is 6.09 Å². The Labute approximate surface area is 185 Å². The third kappa shape index (κ3) is 4.08. The molecule has 0 bridgehead atoms. The number of anilines is 2. The maximum atomic E-state index is 12.8. The second-order valence-electron chi connectivity index (χ2n) is 8.21. The molecule has 3 heterocycles. The highest BCUT2D eigenvalue weighted by atomic mass is 16.6. The zero-order valence-corrected chi connectivity index (χ0v) is 18.8. The summed E-state index contributed by atoms with van der Waals surface area (Å²) in [6.45, 7) is 9.67. The molecule has 1 aliphatic rings. The highest BCUT2D eigenvalue weighted by Gasteiger charge is 2.34. The zero-order valence-electron chi connectivity index (χ0n) is 18.8. The standard InChI is InChI=1S/C22H26N6O4/c1-13(2)31-22(30)27-10-14(3)28(16(5)29)20-7-6-17(8-21(20)27)18-9-23-26(11-18)12-19-15(4)24-32-25-19/h6-9,11,13-14H,10,12H2,1-5H3. The first-order chi connectivity index (χ1) is 15.2. The average molecular weight is 438 g/mol. The molecule has 2 amide bonds. The lowest BCUT2D eigenvalue weighted by molar-refractivity contribution is -0.117. The van der Waals surface area contributed by atoms with Crippen molar-refractivity contribution in [2.45, 2.75) is 53.3 Å². The van der Waals surface area contributed by atoms with Crippen molar-refractivity contribution in [3.8, 4) is 11.1 Å². The van der Waals surface area contributed by atoms with E-state index in [1.54, 1.807) is 20.7 Å². The van der Waals surface area contributed by atoms with Gasteiger partial charge < -0.3 is 9.64 Å². The van der Waals surface area contributed by atoms with Gasteiger partial charge in [-0.05, 0) is 45.4 Å². The van der Waals surface area contributed by atoms with Crippen LogP contribution >= 0.6 is 0 Å². The number of benzene rings is 1. The number of carbonyl (C=O) groups excluding carboxylic acids is 2. The molecular weight excluding hydrogens is 412 g/mol. The minimum absolute atomic E-state index is 0.0761. The maximum Gasteiger partial charge on any atom is 0.414 e. The summed E-state index contributed by atoms with van der Waals surface area (Å²) >= 11 is 0. The summed E-state index contributed by atoms with van der Waals surface area (Å²) in [4.78, 5) is 28.4. The molecule has 3 aromatic rings. The summed E-state index contributed by atoms with van der Waals surface area (Å²) < 4.78 is 11.9. The first-order valence-corrected chi connectivity index (χ1v) is 10.5. The third-order valence-electron chi connectivity index (χ3n) is 5.33. The molecule has 0 saturated heterocycles. The molecule has 168 valence electrons. The lowest BCUT2D eigenvalue weighted by atomic mass is 10.0. The zero-order chi connectivity index (χ0) is 23.0. The van der Waals surface area contributed by atoms with Crippen LogP contribution in [0.1, 0.15) is 39.1 Å². The molecule has 0 aliphatic carbocycles. The van der Waals surface area contributed by atoms with Crippen LogP contribution in [0.4, 0.5) is 16.2 Å². The molecule has 32 heavy (non-hydrogen) atoms. The van der Waals surface area contributed by atoms with Crippen molar-refractivity contribution < 1.29 is 19.0 Å². The van der Waals surface area contributed by atoms with Gasteiger partial charge in [-0.25, -0.2) is 9.42 Å². The van der Waals surface area contributed by atoms with Crippen LogP contribution in [0.25, 0.3) is 11.1 Å². The van der Waals surface area contributed by atoms with Crippen LogP contribution in [-0.2, 0) is 16.1 Å². The monoisotopic (exact) mass is 438 g/mol. The third-order valence-corrected chi connectivity index (χ3v) is 5.33. The fourth-order valence-corrected chi connectivity index (χ4v) is 3.87. The van der Waals surface area contributed by atoms with Crippen LogP contribution in [0.5, 0.6) is 0 Å². The van der Waals surface area contributed by atoms with Gasteiger partial charge in [-0.15, -0.1) is 0 Å². The number of aromatic nitrogens is 4. The Morgan fingerprint density at radius 3 is 2.66 bits per heavy atom. The lowest BCUT2D eigenvalue weighted by Gasteiger charge is -2.40. The van der Waals surface area contributed by atoms with E-state index in [4.69, 9.17) is 9.37 Å². The van der Waals surface area contributed by atoms with E-state index in [2.05, 4.69) is 15.4 Å². The minimum atomic E-state index is -0.432. The molecule has 0 spiro atoms. The number of hydrogen-bond acceptors (Lipinski definition) is 7. The van der Waals surface area contributed by atoms with E-state index in [-0.39, 0.29) is 18.1 Å². The smallest absolute Gasteiger partial charge is 0.414 e. The normalized spacial score (nSPS) is 15.8. The number of ether oxygens (including phenoxy) is 1. The number of amides is 2. The molecule has 1 aliphatic heterocycles. The summed E-state index contributed by atoms with van der Waals surface area (Å²) in [5.41, 5.74) is 4.47. The molecule has 0 N–H and O–H groups in total. The molecule has 1 atom stereocenters.